The number of urea groups is 1. The Balaban J connectivity index is 1.50. The highest BCUT2D eigenvalue weighted by Crippen LogP contribution is 2.41. The number of halogens is 1. The predicted molar refractivity (Wildman–Crippen MR) is 171 cm³/mol. The third-order valence-corrected chi connectivity index (χ3v) is 9.54. The monoisotopic (exact) mass is 622 g/mol. The molecule has 1 aliphatic carbocycles. The number of aromatic nitrogens is 2. The van der Waals surface area contributed by atoms with Gasteiger partial charge in [-0.1, -0.05) is 56.1 Å². The molecule has 1 saturated heterocycles. The summed E-state index contributed by atoms with van der Waals surface area (Å²) >= 11 is 6.65. The summed E-state index contributed by atoms with van der Waals surface area (Å²) in [6.45, 7) is 7.24. The van der Waals surface area contributed by atoms with Crippen molar-refractivity contribution in [3.05, 3.63) is 64.4 Å². The van der Waals surface area contributed by atoms with E-state index in [1.807, 2.05) is 49.4 Å². The summed E-state index contributed by atoms with van der Waals surface area (Å²) in [5.41, 5.74) is 2.21. The van der Waals surface area contributed by atoms with Gasteiger partial charge in [0.05, 0.1) is 29.1 Å². The van der Waals surface area contributed by atoms with Crippen molar-refractivity contribution in [1.82, 2.24) is 31.2 Å². The third kappa shape index (κ3) is 6.28. The van der Waals surface area contributed by atoms with Crippen LogP contribution in [0.4, 0.5) is 4.79 Å². The van der Waals surface area contributed by atoms with Crippen molar-refractivity contribution in [2.45, 2.75) is 69.9 Å². The number of benzene rings is 2. The minimum Gasteiger partial charge on any atom is -0.380 e. The highest BCUT2D eigenvalue weighted by Gasteiger charge is 2.46. The number of carbonyl (C=O) groups excluding carboxylic acids is 3. The van der Waals surface area contributed by atoms with E-state index in [1.54, 1.807) is 7.05 Å². The van der Waals surface area contributed by atoms with Crippen LogP contribution in [0.5, 0.6) is 0 Å². The van der Waals surface area contributed by atoms with Crippen molar-refractivity contribution >= 4 is 40.5 Å². The number of imidazole rings is 1. The summed E-state index contributed by atoms with van der Waals surface area (Å²) in [5.74, 6) is 0.313. The van der Waals surface area contributed by atoms with E-state index in [2.05, 4.69) is 40.1 Å². The molecular formula is C33H43ClN6O4. The quantitative estimate of drug-likeness (QED) is 0.211. The van der Waals surface area contributed by atoms with Crippen LogP contribution in [0.15, 0.2) is 42.5 Å². The standard InChI is InChI=1S/C33H43ClN6O4/c1-5-36-30(41)27(20-9-8-10-20)39-31(42)33(15-16-44-18-33)21-13-14-24-25(17-21)38-29(37-24)28(40-32(43)35-4)26(19(2)3)22-11-6-7-12-23(22)34/h6-7,11-14,17,19-20,26-28H,5,8-10,15-16,18H2,1-4H3,(H,36,41)(H,37,38)(H,39,42)(H2,35,40,43)/t26-,27+,28-,33?/m0/s1. The number of amides is 4. The second-order valence-electron chi connectivity index (χ2n) is 12.3. The summed E-state index contributed by atoms with van der Waals surface area (Å²) < 4.78 is 5.80. The van der Waals surface area contributed by atoms with Crippen LogP contribution in [0.1, 0.15) is 75.4 Å². The van der Waals surface area contributed by atoms with E-state index in [9.17, 15) is 14.4 Å². The van der Waals surface area contributed by atoms with Gasteiger partial charge in [0.15, 0.2) is 0 Å². The highest BCUT2D eigenvalue weighted by molar-refractivity contribution is 6.31. The molecule has 11 heteroatoms. The molecule has 10 nitrogen and oxygen atoms in total. The van der Waals surface area contributed by atoms with Gasteiger partial charge in [0.1, 0.15) is 11.9 Å². The van der Waals surface area contributed by atoms with Crippen LogP contribution in [0.25, 0.3) is 11.0 Å². The molecule has 1 saturated carbocycles. The maximum atomic E-state index is 14.0. The zero-order valence-corrected chi connectivity index (χ0v) is 26.6. The first kappa shape index (κ1) is 31.8. The van der Waals surface area contributed by atoms with Crippen LogP contribution in [-0.2, 0) is 19.7 Å². The SMILES string of the molecule is CCNC(=O)[C@H](NC(=O)C1(c2ccc3nc([C@@H](NC(=O)NC)[C@H](c4ccccc4Cl)C(C)C)[nH]c3c2)CCOC1)C1CCC1. The number of carbonyl (C=O) groups is 3. The summed E-state index contributed by atoms with van der Waals surface area (Å²) in [6, 6.07) is 12.0. The minimum atomic E-state index is -0.939. The van der Waals surface area contributed by atoms with Crippen LogP contribution in [-0.4, -0.2) is 60.7 Å². The largest absolute Gasteiger partial charge is 0.380 e. The third-order valence-electron chi connectivity index (χ3n) is 9.20. The zero-order chi connectivity index (χ0) is 31.4. The molecule has 5 N–H and O–H groups in total. The molecule has 0 spiro atoms. The highest BCUT2D eigenvalue weighted by atomic mass is 35.5. The van der Waals surface area contributed by atoms with E-state index in [0.29, 0.717) is 35.9 Å². The summed E-state index contributed by atoms with van der Waals surface area (Å²) in [4.78, 5) is 48.0. The number of nitrogens with zero attached hydrogens (tertiary/aromatic N) is 1. The van der Waals surface area contributed by atoms with E-state index >= 15 is 0 Å². The normalized spacial score (nSPS) is 20.5. The van der Waals surface area contributed by atoms with Gasteiger partial charge in [-0.15, -0.1) is 0 Å². The Morgan fingerprint density at radius 1 is 1.14 bits per heavy atom. The second-order valence-corrected chi connectivity index (χ2v) is 12.7. The van der Waals surface area contributed by atoms with Gasteiger partial charge in [0.2, 0.25) is 11.8 Å². The number of ether oxygens (including phenoxy) is 1. The van der Waals surface area contributed by atoms with Gasteiger partial charge in [0, 0.05) is 31.1 Å². The molecule has 2 fully saturated rings. The molecule has 2 aliphatic rings. The number of H-pyrrole nitrogens is 1. The Bertz CT molecular complexity index is 1500. The molecule has 44 heavy (non-hydrogen) atoms. The molecule has 4 amide bonds. The summed E-state index contributed by atoms with van der Waals surface area (Å²) in [6.07, 6.45) is 3.41. The summed E-state index contributed by atoms with van der Waals surface area (Å²) in [5, 5.41) is 12.4. The first-order valence-electron chi connectivity index (χ1n) is 15.6. The number of likely N-dealkylation sites (N-methyl/N-ethyl adjacent to an activating group) is 1. The molecule has 1 unspecified atom stereocenters. The Morgan fingerprint density at radius 2 is 1.91 bits per heavy atom. The fraction of sp³-hybridized carbons (Fsp3) is 0.515. The Kier molecular flexibility index (Phi) is 9.80. The molecule has 5 rings (SSSR count). The Labute approximate surface area is 263 Å². The number of fused-ring (bicyclic) bond motifs is 1. The van der Waals surface area contributed by atoms with Crippen LogP contribution in [0.3, 0.4) is 0 Å². The molecule has 2 aromatic carbocycles. The van der Waals surface area contributed by atoms with Crippen molar-refractivity contribution in [1.29, 1.82) is 0 Å². The molecular weight excluding hydrogens is 580 g/mol. The van der Waals surface area contributed by atoms with Crippen molar-refractivity contribution in [3.63, 3.8) is 0 Å². The molecule has 0 bridgehead atoms. The minimum absolute atomic E-state index is 0.108. The topological polar surface area (TPSA) is 137 Å². The van der Waals surface area contributed by atoms with Crippen molar-refractivity contribution in [2.24, 2.45) is 11.8 Å². The fourth-order valence-electron chi connectivity index (χ4n) is 6.52. The van der Waals surface area contributed by atoms with Gasteiger partial charge < -0.3 is 31.0 Å². The molecule has 3 aromatic rings. The van der Waals surface area contributed by atoms with E-state index < -0.39 is 17.5 Å². The van der Waals surface area contributed by atoms with Crippen molar-refractivity contribution in [2.75, 3.05) is 26.8 Å². The average molecular weight is 623 g/mol. The van der Waals surface area contributed by atoms with Gasteiger partial charge >= 0.3 is 6.03 Å². The number of nitrogens with one attached hydrogen (secondary N) is 5. The van der Waals surface area contributed by atoms with Crippen LogP contribution in [0, 0.1) is 11.8 Å². The van der Waals surface area contributed by atoms with E-state index in [0.717, 1.165) is 35.9 Å². The molecule has 1 aromatic heterocycles. The van der Waals surface area contributed by atoms with Gasteiger partial charge in [-0.2, -0.15) is 0 Å². The second kappa shape index (κ2) is 13.6. The number of hydrogen-bond donors (Lipinski definition) is 5. The lowest BCUT2D eigenvalue weighted by Crippen LogP contribution is -2.57. The van der Waals surface area contributed by atoms with Gasteiger partial charge in [-0.25, -0.2) is 9.78 Å². The first-order chi connectivity index (χ1) is 21.2. The Morgan fingerprint density at radius 3 is 2.52 bits per heavy atom. The maximum absolute atomic E-state index is 14.0. The maximum Gasteiger partial charge on any atom is 0.315 e. The zero-order valence-electron chi connectivity index (χ0n) is 25.8. The molecule has 0 radical (unpaired) electrons. The van der Waals surface area contributed by atoms with Gasteiger partial charge in [-0.05, 0) is 67.3 Å². The lowest BCUT2D eigenvalue weighted by atomic mass is 9.76. The lowest BCUT2D eigenvalue weighted by Gasteiger charge is -2.36. The molecule has 236 valence electrons. The lowest BCUT2D eigenvalue weighted by molar-refractivity contribution is -0.134. The van der Waals surface area contributed by atoms with Crippen molar-refractivity contribution in [3.8, 4) is 0 Å². The Hall–Kier alpha value is -3.63. The van der Waals surface area contributed by atoms with E-state index in [4.69, 9.17) is 21.3 Å². The first-order valence-corrected chi connectivity index (χ1v) is 16.0. The molecule has 2 heterocycles. The van der Waals surface area contributed by atoms with E-state index in [-0.39, 0.29) is 42.2 Å². The molecule has 4 atom stereocenters. The smallest absolute Gasteiger partial charge is 0.315 e. The van der Waals surface area contributed by atoms with Crippen LogP contribution in [0.2, 0.25) is 5.02 Å². The fourth-order valence-corrected chi connectivity index (χ4v) is 6.78. The summed E-state index contributed by atoms with van der Waals surface area (Å²) in [7, 11) is 1.58. The van der Waals surface area contributed by atoms with E-state index in [1.165, 1.54) is 0 Å². The number of rotatable bonds is 11. The average Bonchev–Trinajstić information content (AvgIpc) is 3.64. The number of hydrogen-bond acceptors (Lipinski definition) is 5. The van der Waals surface area contributed by atoms with Gasteiger partial charge in [0.25, 0.3) is 0 Å². The predicted octanol–water partition coefficient (Wildman–Crippen LogP) is 4.71. The van der Waals surface area contributed by atoms with Gasteiger partial charge in [-0.3, -0.25) is 9.59 Å². The number of aromatic amines is 1. The van der Waals surface area contributed by atoms with Crippen molar-refractivity contribution < 1.29 is 19.1 Å². The molecule has 1 aliphatic heterocycles. The van der Waals surface area contributed by atoms with Crippen LogP contribution < -0.4 is 21.3 Å². The van der Waals surface area contributed by atoms with Crippen LogP contribution >= 0.6 is 11.6 Å².